The number of aromatic nitrogens is 2. The molecule has 0 unspecified atom stereocenters. The molecule has 3 N–H and O–H groups in total. The van der Waals surface area contributed by atoms with Gasteiger partial charge in [-0.25, -0.2) is 4.98 Å². The first-order valence-corrected chi connectivity index (χ1v) is 12.8. The van der Waals surface area contributed by atoms with E-state index < -0.39 is 0 Å². The molecule has 172 valence electrons. The van der Waals surface area contributed by atoms with Crippen molar-refractivity contribution in [3.8, 4) is 0 Å². The highest BCUT2D eigenvalue weighted by Gasteiger charge is 2.24. The Balaban J connectivity index is 1.30. The lowest BCUT2D eigenvalue weighted by atomic mass is 9.91. The van der Waals surface area contributed by atoms with Gasteiger partial charge in [-0.15, -0.1) is 0 Å². The highest BCUT2D eigenvalue weighted by atomic mass is 79.9. The van der Waals surface area contributed by atoms with Crippen molar-refractivity contribution in [1.82, 2.24) is 15.3 Å². The van der Waals surface area contributed by atoms with Crippen LogP contribution in [-0.2, 0) is 12.8 Å². The zero-order valence-corrected chi connectivity index (χ0v) is 21.6. The van der Waals surface area contributed by atoms with Gasteiger partial charge in [-0.3, -0.25) is 0 Å². The Morgan fingerprint density at radius 2 is 1.78 bits per heavy atom. The molecular formula is C24H33BrN6S. The van der Waals surface area contributed by atoms with Crippen LogP contribution in [0.2, 0.25) is 0 Å². The van der Waals surface area contributed by atoms with Crippen LogP contribution in [0.3, 0.4) is 0 Å². The van der Waals surface area contributed by atoms with Crippen molar-refractivity contribution in [3.05, 3.63) is 39.5 Å². The third-order valence-corrected chi connectivity index (χ3v) is 7.23. The number of nitrogens with one attached hydrogen (secondary N) is 3. The third-order valence-electron chi connectivity index (χ3n) is 6.35. The minimum Gasteiger partial charge on any atom is -0.362 e. The van der Waals surface area contributed by atoms with Crippen LogP contribution in [0, 0.1) is 6.92 Å². The highest BCUT2D eigenvalue weighted by molar-refractivity contribution is 9.10. The molecule has 1 saturated carbocycles. The molecule has 6 nitrogen and oxygen atoms in total. The molecule has 2 aliphatic rings. The normalized spacial score (nSPS) is 20.2. The molecule has 0 bridgehead atoms. The van der Waals surface area contributed by atoms with Crippen LogP contribution in [0.1, 0.15) is 55.3 Å². The van der Waals surface area contributed by atoms with E-state index in [1.54, 1.807) is 0 Å². The van der Waals surface area contributed by atoms with Crippen molar-refractivity contribution < 1.29 is 0 Å². The zero-order valence-electron chi connectivity index (χ0n) is 19.2. The van der Waals surface area contributed by atoms with E-state index in [9.17, 15) is 0 Å². The summed E-state index contributed by atoms with van der Waals surface area (Å²) in [6.45, 7) is 2.08. The summed E-state index contributed by atoms with van der Waals surface area (Å²) in [5.41, 5.74) is 4.77. The summed E-state index contributed by atoms with van der Waals surface area (Å²) in [5, 5.41) is 11.1. The fourth-order valence-electron chi connectivity index (χ4n) is 4.64. The maximum absolute atomic E-state index is 5.56. The molecule has 0 spiro atoms. The van der Waals surface area contributed by atoms with Gasteiger partial charge in [-0.2, -0.15) is 4.98 Å². The lowest BCUT2D eigenvalue weighted by molar-refractivity contribution is 0.387. The van der Waals surface area contributed by atoms with Crippen LogP contribution in [0.4, 0.5) is 17.5 Å². The molecule has 4 rings (SSSR count). The quantitative estimate of drug-likeness (QED) is 0.471. The minimum atomic E-state index is 0.388. The molecule has 8 heteroatoms. The Hall–Kier alpha value is -1.93. The number of hydrogen-bond acceptors (Lipinski definition) is 5. The van der Waals surface area contributed by atoms with Crippen molar-refractivity contribution in [1.29, 1.82) is 0 Å². The number of nitrogens with zero attached hydrogens (tertiary/aromatic N) is 3. The maximum Gasteiger partial charge on any atom is 0.225 e. The lowest BCUT2D eigenvalue weighted by Gasteiger charge is -2.31. The molecule has 1 fully saturated rings. The van der Waals surface area contributed by atoms with Gasteiger partial charge in [0.05, 0.1) is 11.4 Å². The van der Waals surface area contributed by atoms with Crippen molar-refractivity contribution in [2.24, 2.45) is 0 Å². The van der Waals surface area contributed by atoms with Crippen LogP contribution in [-0.4, -0.2) is 41.3 Å². The van der Waals surface area contributed by atoms with Crippen molar-refractivity contribution in [3.63, 3.8) is 0 Å². The summed E-state index contributed by atoms with van der Waals surface area (Å²) in [6.07, 6.45) is 8.90. The Morgan fingerprint density at radius 1 is 1.06 bits per heavy atom. The largest absolute Gasteiger partial charge is 0.362 e. The SMILES string of the molecule is Cc1ccc(NC(=S)N[C@H]2CC[C@@H](Nc3nc4c(c(N(C)C)n3)CCCC4)CC2)c(Br)c1. The highest BCUT2D eigenvalue weighted by Crippen LogP contribution is 2.29. The second-order valence-corrected chi connectivity index (χ2v) is 10.4. The first-order valence-electron chi connectivity index (χ1n) is 11.6. The molecular weight excluding hydrogens is 484 g/mol. The summed E-state index contributed by atoms with van der Waals surface area (Å²) < 4.78 is 1.02. The summed E-state index contributed by atoms with van der Waals surface area (Å²) in [6, 6.07) is 7.01. The molecule has 0 aliphatic heterocycles. The summed E-state index contributed by atoms with van der Waals surface area (Å²) in [4.78, 5) is 11.9. The fourth-order valence-corrected chi connectivity index (χ4v) is 5.51. The van der Waals surface area contributed by atoms with Gasteiger partial charge in [0.2, 0.25) is 5.95 Å². The molecule has 0 atom stereocenters. The number of anilines is 3. The third kappa shape index (κ3) is 5.70. The first-order chi connectivity index (χ1) is 15.4. The molecule has 2 aromatic rings. The molecule has 1 aromatic heterocycles. The predicted molar refractivity (Wildman–Crippen MR) is 141 cm³/mol. The van der Waals surface area contributed by atoms with E-state index in [-0.39, 0.29) is 0 Å². The molecule has 0 saturated heterocycles. The Morgan fingerprint density at radius 3 is 2.50 bits per heavy atom. The summed E-state index contributed by atoms with van der Waals surface area (Å²) >= 11 is 9.16. The monoisotopic (exact) mass is 516 g/mol. The maximum atomic E-state index is 5.56. The first kappa shape index (κ1) is 23.2. The van der Waals surface area contributed by atoms with Crippen LogP contribution in [0.15, 0.2) is 22.7 Å². The second-order valence-electron chi connectivity index (χ2n) is 9.17. The number of rotatable bonds is 5. The fraction of sp³-hybridized carbons (Fsp3) is 0.542. The van der Waals surface area contributed by atoms with Gasteiger partial charge in [-0.05, 0) is 104 Å². The number of fused-ring (bicyclic) bond motifs is 1. The van der Waals surface area contributed by atoms with E-state index in [4.69, 9.17) is 22.2 Å². The number of benzene rings is 1. The van der Waals surface area contributed by atoms with E-state index in [1.807, 2.05) is 0 Å². The molecule has 32 heavy (non-hydrogen) atoms. The van der Waals surface area contributed by atoms with Gasteiger partial charge in [0.15, 0.2) is 5.11 Å². The Kier molecular flexibility index (Phi) is 7.51. The van der Waals surface area contributed by atoms with E-state index in [0.29, 0.717) is 17.2 Å². The smallest absolute Gasteiger partial charge is 0.225 e. The van der Waals surface area contributed by atoms with E-state index in [1.165, 1.54) is 29.7 Å². The van der Waals surface area contributed by atoms with Crippen LogP contribution in [0.25, 0.3) is 0 Å². The van der Waals surface area contributed by atoms with Crippen LogP contribution >= 0.6 is 28.1 Å². The number of aryl methyl sites for hydroxylation is 2. The van der Waals surface area contributed by atoms with E-state index >= 15 is 0 Å². The van der Waals surface area contributed by atoms with Gasteiger partial charge in [0.25, 0.3) is 0 Å². The number of halogens is 1. The predicted octanol–water partition coefficient (Wildman–Crippen LogP) is 5.20. The molecule has 2 aliphatic carbocycles. The average molecular weight is 518 g/mol. The topological polar surface area (TPSA) is 65.1 Å². The van der Waals surface area contributed by atoms with Crippen molar-refractivity contribution in [2.75, 3.05) is 29.6 Å². The lowest BCUT2D eigenvalue weighted by Crippen LogP contribution is -2.42. The molecule has 0 radical (unpaired) electrons. The molecule has 0 amide bonds. The van der Waals surface area contributed by atoms with Gasteiger partial charge in [0.1, 0.15) is 5.82 Å². The van der Waals surface area contributed by atoms with Crippen LogP contribution in [0.5, 0.6) is 0 Å². The van der Waals surface area contributed by atoms with Crippen molar-refractivity contribution in [2.45, 2.75) is 70.4 Å². The van der Waals surface area contributed by atoms with Crippen molar-refractivity contribution >= 4 is 50.7 Å². The second kappa shape index (κ2) is 10.3. The van der Waals surface area contributed by atoms with Gasteiger partial charge < -0.3 is 20.9 Å². The minimum absolute atomic E-state index is 0.388. The molecule has 1 aromatic carbocycles. The van der Waals surface area contributed by atoms with Gasteiger partial charge >= 0.3 is 0 Å². The van der Waals surface area contributed by atoms with E-state index in [2.05, 4.69) is 76.0 Å². The standard InChI is InChI=1S/C24H33BrN6S/c1-15-8-13-21(19(25)14-15)29-24(32)27-17-11-9-16(10-12-17)26-23-28-20-7-5-4-6-18(20)22(30-23)31(2)3/h8,13-14,16-17H,4-7,9-12H2,1-3H3,(H,26,28,30)(H2,27,29,32)/t16-,17+. The van der Waals surface area contributed by atoms with Gasteiger partial charge in [0, 0.05) is 36.2 Å². The Labute approximate surface area is 205 Å². The summed E-state index contributed by atoms with van der Waals surface area (Å²) in [5.74, 6) is 1.86. The number of hydrogen-bond donors (Lipinski definition) is 3. The van der Waals surface area contributed by atoms with Gasteiger partial charge in [-0.1, -0.05) is 6.07 Å². The molecule has 1 heterocycles. The average Bonchev–Trinajstić information content (AvgIpc) is 2.76. The Bertz CT molecular complexity index is 971. The summed E-state index contributed by atoms with van der Waals surface area (Å²) in [7, 11) is 4.15. The zero-order chi connectivity index (χ0) is 22.7. The van der Waals surface area contributed by atoms with Crippen LogP contribution < -0.4 is 20.9 Å². The number of thiocarbonyl (C=S) groups is 1. The van der Waals surface area contributed by atoms with E-state index in [0.717, 1.165) is 60.5 Å².